The van der Waals surface area contributed by atoms with E-state index in [-0.39, 0.29) is 5.75 Å². The predicted molar refractivity (Wildman–Crippen MR) is 105 cm³/mol. The summed E-state index contributed by atoms with van der Waals surface area (Å²) in [5.74, 6) is -1.39. The van der Waals surface area contributed by atoms with Gasteiger partial charge in [-0.1, -0.05) is 76.8 Å². The van der Waals surface area contributed by atoms with Crippen LogP contribution in [-0.2, 0) is 16.1 Å². The summed E-state index contributed by atoms with van der Waals surface area (Å²) in [4.78, 5) is 24.8. The van der Waals surface area contributed by atoms with Crippen LogP contribution in [0.1, 0.15) is 76.7 Å². The van der Waals surface area contributed by atoms with Crippen LogP contribution in [0.4, 0.5) is 0 Å². The van der Waals surface area contributed by atoms with Gasteiger partial charge in [0.05, 0.1) is 0 Å². The fourth-order valence-corrected chi connectivity index (χ4v) is 3.02. The molecular weight excluding hydrogens is 328 g/mol. The fraction of sp³-hybridized carbons (Fsp3) is 0.619. The topological polar surface area (TPSA) is 83.6 Å². The molecule has 5 heteroatoms. The molecule has 5 nitrogen and oxygen atoms in total. The van der Waals surface area contributed by atoms with Gasteiger partial charge in [0, 0.05) is 13.1 Å². The highest BCUT2D eigenvalue weighted by molar-refractivity contribution is 6.34. The van der Waals surface area contributed by atoms with Crippen molar-refractivity contribution in [1.29, 1.82) is 0 Å². The number of nitrogens with zero attached hydrogens (tertiary/aromatic N) is 1. The van der Waals surface area contributed by atoms with E-state index in [9.17, 15) is 14.7 Å². The lowest BCUT2D eigenvalue weighted by atomic mass is 10.1. The van der Waals surface area contributed by atoms with E-state index in [2.05, 4.69) is 6.92 Å². The van der Waals surface area contributed by atoms with Gasteiger partial charge in [0.15, 0.2) is 0 Å². The summed E-state index contributed by atoms with van der Waals surface area (Å²) in [5.41, 5.74) is 6.03. The number of rotatable bonds is 13. The molecular formula is C21H34N2O3. The Morgan fingerprint density at radius 2 is 1.38 bits per heavy atom. The molecule has 0 fully saturated rings. The van der Waals surface area contributed by atoms with E-state index in [4.69, 9.17) is 5.73 Å². The molecule has 146 valence electrons. The van der Waals surface area contributed by atoms with Gasteiger partial charge in [0.2, 0.25) is 0 Å². The second-order valence-corrected chi connectivity index (χ2v) is 6.94. The Bertz CT molecular complexity index is 529. The van der Waals surface area contributed by atoms with Gasteiger partial charge in [-0.05, 0) is 24.1 Å². The van der Waals surface area contributed by atoms with Crippen molar-refractivity contribution in [3.05, 3.63) is 29.8 Å². The minimum absolute atomic E-state index is 0.177. The average molecular weight is 363 g/mol. The first-order valence-corrected chi connectivity index (χ1v) is 9.91. The molecule has 0 unspecified atom stereocenters. The number of primary amides is 1. The van der Waals surface area contributed by atoms with E-state index in [0.29, 0.717) is 13.1 Å². The third kappa shape index (κ3) is 9.44. The van der Waals surface area contributed by atoms with Gasteiger partial charge in [-0.15, -0.1) is 0 Å². The normalized spacial score (nSPS) is 10.7. The van der Waals surface area contributed by atoms with Crippen LogP contribution in [0.25, 0.3) is 0 Å². The first-order valence-electron chi connectivity index (χ1n) is 9.91. The maximum atomic E-state index is 12.0. The van der Waals surface area contributed by atoms with E-state index in [1.807, 2.05) is 0 Å². The molecule has 0 bridgehead atoms. The largest absolute Gasteiger partial charge is 0.508 e. The lowest BCUT2D eigenvalue weighted by Crippen LogP contribution is -2.40. The highest BCUT2D eigenvalue weighted by Crippen LogP contribution is 2.14. The zero-order valence-electron chi connectivity index (χ0n) is 16.1. The van der Waals surface area contributed by atoms with Crippen LogP contribution in [0, 0.1) is 0 Å². The lowest BCUT2D eigenvalue weighted by molar-refractivity contribution is -0.144. The van der Waals surface area contributed by atoms with E-state index >= 15 is 0 Å². The molecule has 1 aromatic rings. The van der Waals surface area contributed by atoms with Crippen molar-refractivity contribution in [2.75, 3.05) is 6.54 Å². The Hall–Kier alpha value is -2.04. The Kier molecular flexibility index (Phi) is 11.2. The number of unbranched alkanes of at least 4 members (excludes halogenated alkanes) is 9. The Morgan fingerprint density at radius 1 is 0.885 bits per heavy atom. The quantitative estimate of drug-likeness (QED) is 0.409. The van der Waals surface area contributed by atoms with Crippen molar-refractivity contribution >= 4 is 11.8 Å². The van der Waals surface area contributed by atoms with Crippen molar-refractivity contribution in [1.82, 2.24) is 4.90 Å². The summed E-state index contributed by atoms with van der Waals surface area (Å²) >= 11 is 0. The number of hydrogen-bond acceptors (Lipinski definition) is 3. The van der Waals surface area contributed by atoms with Crippen molar-refractivity contribution in [2.45, 2.75) is 77.7 Å². The Labute approximate surface area is 157 Å². The third-order valence-electron chi connectivity index (χ3n) is 4.59. The van der Waals surface area contributed by atoms with E-state index in [1.54, 1.807) is 24.3 Å². The Balaban J connectivity index is 2.28. The first-order chi connectivity index (χ1) is 12.5. The van der Waals surface area contributed by atoms with E-state index in [0.717, 1.165) is 24.8 Å². The van der Waals surface area contributed by atoms with Gasteiger partial charge in [0.25, 0.3) is 0 Å². The van der Waals surface area contributed by atoms with Crippen LogP contribution in [0.2, 0.25) is 0 Å². The molecule has 0 aliphatic rings. The van der Waals surface area contributed by atoms with Gasteiger partial charge in [-0.25, -0.2) is 0 Å². The van der Waals surface area contributed by atoms with Crippen LogP contribution in [0.15, 0.2) is 24.3 Å². The summed E-state index contributed by atoms with van der Waals surface area (Å²) in [6.45, 7) is 3.09. The monoisotopic (exact) mass is 362 g/mol. The number of aromatic hydroxyl groups is 1. The predicted octanol–water partition coefficient (Wildman–Crippen LogP) is 4.13. The van der Waals surface area contributed by atoms with Crippen molar-refractivity contribution in [3.8, 4) is 5.75 Å². The van der Waals surface area contributed by atoms with Crippen molar-refractivity contribution < 1.29 is 14.7 Å². The van der Waals surface area contributed by atoms with Crippen LogP contribution in [-0.4, -0.2) is 28.4 Å². The molecule has 1 aromatic carbocycles. The van der Waals surface area contributed by atoms with Crippen molar-refractivity contribution in [3.63, 3.8) is 0 Å². The molecule has 0 atom stereocenters. The molecule has 0 spiro atoms. The number of phenolic OH excluding ortho intramolecular Hbond substituents is 1. The maximum Gasteiger partial charge on any atom is 0.311 e. The summed E-state index contributed by atoms with van der Waals surface area (Å²) in [6, 6.07) is 6.63. The highest BCUT2D eigenvalue weighted by atomic mass is 16.3. The van der Waals surface area contributed by atoms with Crippen molar-refractivity contribution in [2.24, 2.45) is 5.73 Å². The van der Waals surface area contributed by atoms with Gasteiger partial charge in [-0.2, -0.15) is 0 Å². The van der Waals surface area contributed by atoms with Gasteiger partial charge < -0.3 is 15.7 Å². The second-order valence-electron chi connectivity index (χ2n) is 6.94. The number of nitrogens with two attached hydrogens (primary N) is 1. The summed E-state index contributed by atoms with van der Waals surface area (Å²) < 4.78 is 0. The molecule has 0 aromatic heterocycles. The van der Waals surface area contributed by atoms with Gasteiger partial charge in [0.1, 0.15) is 5.75 Å². The SMILES string of the molecule is CCCCCCCCCCCCN(Cc1ccc(O)cc1)C(=O)C(N)=O. The zero-order valence-corrected chi connectivity index (χ0v) is 16.1. The number of phenols is 1. The standard InChI is InChI=1S/C21H34N2O3/c1-2-3-4-5-6-7-8-9-10-11-16-23(21(26)20(22)25)17-18-12-14-19(24)15-13-18/h12-15,24H,2-11,16-17H2,1H3,(H2,22,25). The molecule has 0 saturated heterocycles. The molecule has 2 amide bonds. The fourth-order valence-electron chi connectivity index (χ4n) is 3.02. The Morgan fingerprint density at radius 3 is 1.88 bits per heavy atom. The number of amides is 2. The molecule has 3 N–H and O–H groups in total. The zero-order chi connectivity index (χ0) is 19.2. The lowest BCUT2D eigenvalue weighted by Gasteiger charge is -2.21. The smallest absolute Gasteiger partial charge is 0.311 e. The summed E-state index contributed by atoms with van der Waals surface area (Å²) in [6.07, 6.45) is 12.2. The number of carbonyl (C=O) groups excluding carboxylic acids is 2. The molecule has 0 heterocycles. The second kappa shape index (κ2) is 13.2. The summed E-state index contributed by atoms with van der Waals surface area (Å²) in [7, 11) is 0. The van der Waals surface area contributed by atoms with Gasteiger partial charge in [-0.3, -0.25) is 9.59 Å². The summed E-state index contributed by atoms with van der Waals surface area (Å²) in [5, 5.41) is 9.34. The number of benzene rings is 1. The number of hydrogen-bond donors (Lipinski definition) is 2. The van der Waals surface area contributed by atoms with E-state index in [1.165, 1.54) is 49.8 Å². The highest BCUT2D eigenvalue weighted by Gasteiger charge is 2.18. The van der Waals surface area contributed by atoms with Crippen LogP contribution in [0.5, 0.6) is 5.75 Å². The van der Waals surface area contributed by atoms with E-state index < -0.39 is 11.8 Å². The molecule has 0 aliphatic heterocycles. The first kappa shape index (κ1) is 22.0. The number of carbonyl (C=O) groups is 2. The van der Waals surface area contributed by atoms with Gasteiger partial charge >= 0.3 is 11.8 Å². The molecule has 0 aliphatic carbocycles. The van der Waals surface area contributed by atoms with Crippen LogP contribution < -0.4 is 5.73 Å². The molecule has 1 rings (SSSR count). The molecule has 26 heavy (non-hydrogen) atoms. The maximum absolute atomic E-state index is 12.0. The molecule has 0 saturated carbocycles. The minimum atomic E-state index is -0.921. The van der Waals surface area contributed by atoms with Crippen LogP contribution in [0.3, 0.4) is 0 Å². The minimum Gasteiger partial charge on any atom is -0.508 e. The molecule has 0 radical (unpaired) electrons. The third-order valence-corrected chi connectivity index (χ3v) is 4.59. The van der Waals surface area contributed by atoms with Crippen LogP contribution >= 0.6 is 0 Å². The average Bonchev–Trinajstić information content (AvgIpc) is 2.63.